The smallest absolute Gasteiger partial charge is 0.314 e. The number of aliphatic imine (C=N–C) groups is 1. The van der Waals surface area contributed by atoms with Gasteiger partial charge in [0, 0.05) is 37.2 Å². The number of amides is 2. The van der Waals surface area contributed by atoms with Crippen LogP contribution in [0.15, 0.2) is 23.2 Å². The lowest BCUT2D eigenvalue weighted by atomic mass is 10.1. The summed E-state index contributed by atoms with van der Waals surface area (Å²) < 4.78 is 5.17. The van der Waals surface area contributed by atoms with E-state index in [0.29, 0.717) is 24.7 Å². The minimum atomic E-state index is -0.347. The monoisotopic (exact) mass is 381 g/mol. The molecule has 1 saturated heterocycles. The number of ether oxygens (including phenoxy) is 1. The lowest BCUT2D eigenvalue weighted by Crippen LogP contribution is -2.50. The summed E-state index contributed by atoms with van der Waals surface area (Å²) in [6, 6.07) is 5.63. The second-order valence-corrected chi connectivity index (χ2v) is 6.62. The Hall–Kier alpha value is -2.15. The Labute approximate surface area is 159 Å². The third-order valence-corrected chi connectivity index (χ3v) is 4.75. The standard InChI is InChI=1S/C18H28ClN5O2/c1-3-21-18(23-14-7-10-24(11-8-14)17(20)25)22-9-6-13-4-5-15(26-2)12-16(13)19/h4-5,12,14H,3,6-11H2,1-2H3,(H2,20,25)(H2,21,22,23). The molecule has 7 nitrogen and oxygen atoms in total. The van der Waals surface area contributed by atoms with Crippen molar-refractivity contribution in [2.75, 3.05) is 33.3 Å². The summed E-state index contributed by atoms with van der Waals surface area (Å²) in [5.74, 6) is 1.54. The lowest BCUT2D eigenvalue weighted by molar-refractivity contribution is 0.188. The van der Waals surface area contributed by atoms with Crippen LogP contribution in [0.3, 0.4) is 0 Å². The Balaban J connectivity index is 1.87. The van der Waals surface area contributed by atoms with E-state index in [-0.39, 0.29) is 12.1 Å². The van der Waals surface area contributed by atoms with Gasteiger partial charge in [-0.25, -0.2) is 4.79 Å². The molecule has 26 heavy (non-hydrogen) atoms. The lowest BCUT2D eigenvalue weighted by Gasteiger charge is -2.32. The van der Waals surface area contributed by atoms with E-state index in [1.807, 2.05) is 25.1 Å². The van der Waals surface area contributed by atoms with Crippen molar-refractivity contribution in [3.05, 3.63) is 28.8 Å². The van der Waals surface area contributed by atoms with E-state index < -0.39 is 0 Å². The Kier molecular flexibility index (Phi) is 7.84. The van der Waals surface area contributed by atoms with Crippen LogP contribution in [-0.4, -0.2) is 56.2 Å². The first-order chi connectivity index (χ1) is 12.5. The molecular weight excluding hydrogens is 354 g/mol. The highest BCUT2D eigenvalue weighted by Gasteiger charge is 2.21. The molecule has 0 aromatic heterocycles. The number of nitrogens with one attached hydrogen (secondary N) is 2. The molecule has 8 heteroatoms. The number of urea groups is 1. The fourth-order valence-corrected chi connectivity index (χ4v) is 3.17. The Morgan fingerprint density at radius 2 is 2.15 bits per heavy atom. The van der Waals surface area contributed by atoms with Crippen molar-refractivity contribution in [1.82, 2.24) is 15.5 Å². The molecular formula is C18H28ClN5O2. The summed E-state index contributed by atoms with van der Waals surface area (Å²) in [4.78, 5) is 17.5. The Morgan fingerprint density at radius 1 is 1.42 bits per heavy atom. The van der Waals surface area contributed by atoms with Gasteiger partial charge >= 0.3 is 6.03 Å². The summed E-state index contributed by atoms with van der Waals surface area (Å²) in [5.41, 5.74) is 6.37. The zero-order valence-electron chi connectivity index (χ0n) is 15.4. The van der Waals surface area contributed by atoms with Gasteiger partial charge in [0.2, 0.25) is 0 Å². The number of likely N-dealkylation sites (tertiary alicyclic amines) is 1. The molecule has 1 aliphatic heterocycles. The number of hydrogen-bond donors (Lipinski definition) is 3. The molecule has 0 radical (unpaired) electrons. The van der Waals surface area contributed by atoms with Crippen LogP contribution in [0.1, 0.15) is 25.3 Å². The van der Waals surface area contributed by atoms with Gasteiger partial charge in [0.15, 0.2) is 5.96 Å². The molecule has 2 rings (SSSR count). The van der Waals surface area contributed by atoms with E-state index in [2.05, 4.69) is 15.6 Å². The normalized spacial score (nSPS) is 15.7. The third kappa shape index (κ3) is 5.98. The predicted molar refractivity (Wildman–Crippen MR) is 105 cm³/mol. The van der Waals surface area contributed by atoms with Gasteiger partial charge in [0.1, 0.15) is 5.75 Å². The second-order valence-electron chi connectivity index (χ2n) is 6.21. The van der Waals surface area contributed by atoms with Gasteiger partial charge in [-0.15, -0.1) is 0 Å². The predicted octanol–water partition coefficient (Wildman–Crippen LogP) is 1.99. The van der Waals surface area contributed by atoms with Crippen molar-refractivity contribution in [2.24, 2.45) is 10.7 Å². The van der Waals surface area contributed by atoms with Crippen molar-refractivity contribution in [3.63, 3.8) is 0 Å². The number of nitrogens with zero attached hydrogens (tertiary/aromatic N) is 2. The van der Waals surface area contributed by atoms with Crippen LogP contribution < -0.4 is 21.1 Å². The van der Waals surface area contributed by atoms with Crippen LogP contribution in [0.4, 0.5) is 4.79 Å². The number of carbonyl (C=O) groups excluding carboxylic acids is 1. The molecule has 0 atom stereocenters. The average molecular weight is 382 g/mol. The summed E-state index contributed by atoms with van der Waals surface area (Å²) >= 11 is 6.28. The zero-order valence-corrected chi connectivity index (χ0v) is 16.2. The fourth-order valence-electron chi connectivity index (χ4n) is 2.90. The quantitative estimate of drug-likeness (QED) is 0.519. The van der Waals surface area contributed by atoms with Crippen LogP contribution >= 0.6 is 11.6 Å². The molecule has 1 aliphatic rings. The maximum Gasteiger partial charge on any atom is 0.314 e. The topological polar surface area (TPSA) is 92.0 Å². The molecule has 2 amide bonds. The van der Waals surface area contributed by atoms with Gasteiger partial charge in [-0.3, -0.25) is 4.99 Å². The first-order valence-electron chi connectivity index (χ1n) is 8.95. The molecule has 1 fully saturated rings. The number of guanidine groups is 1. The number of benzene rings is 1. The summed E-state index contributed by atoms with van der Waals surface area (Å²) in [5, 5.41) is 7.40. The molecule has 0 aliphatic carbocycles. The number of primary amides is 1. The SMILES string of the molecule is CCNC(=NCCc1ccc(OC)cc1Cl)NC1CCN(C(N)=O)CC1. The maximum absolute atomic E-state index is 11.2. The minimum Gasteiger partial charge on any atom is -0.497 e. The molecule has 0 spiro atoms. The van der Waals surface area contributed by atoms with Crippen molar-refractivity contribution < 1.29 is 9.53 Å². The Morgan fingerprint density at radius 3 is 2.73 bits per heavy atom. The maximum atomic E-state index is 11.2. The zero-order chi connectivity index (χ0) is 18.9. The first-order valence-corrected chi connectivity index (χ1v) is 9.33. The van der Waals surface area contributed by atoms with Crippen molar-refractivity contribution in [3.8, 4) is 5.75 Å². The second kappa shape index (κ2) is 10.1. The van der Waals surface area contributed by atoms with Crippen LogP contribution in [0.5, 0.6) is 5.75 Å². The average Bonchev–Trinajstić information content (AvgIpc) is 2.63. The van der Waals surface area contributed by atoms with Gasteiger partial charge in [-0.1, -0.05) is 17.7 Å². The number of nitrogens with two attached hydrogens (primary N) is 1. The first kappa shape index (κ1) is 20.2. The molecule has 0 bridgehead atoms. The largest absolute Gasteiger partial charge is 0.497 e. The minimum absolute atomic E-state index is 0.285. The molecule has 1 aromatic rings. The number of methoxy groups -OCH3 is 1. The summed E-state index contributed by atoms with van der Waals surface area (Å²) in [6.07, 6.45) is 2.47. The van der Waals surface area contributed by atoms with E-state index in [1.165, 1.54) is 0 Å². The van der Waals surface area contributed by atoms with Gasteiger partial charge in [-0.2, -0.15) is 0 Å². The van der Waals surface area contributed by atoms with Crippen LogP contribution in [-0.2, 0) is 6.42 Å². The van der Waals surface area contributed by atoms with E-state index >= 15 is 0 Å². The van der Waals surface area contributed by atoms with Gasteiger partial charge < -0.3 is 26.0 Å². The molecule has 144 valence electrons. The van der Waals surface area contributed by atoms with Crippen LogP contribution in [0.25, 0.3) is 0 Å². The molecule has 1 aromatic carbocycles. The molecule has 4 N–H and O–H groups in total. The van der Waals surface area contributed by atoms with Gasteiger partial charge in [0.25, 0.3) is 0 Å². The number of hydrogen-bond acceptors (Lipinski definition) is 3. The van der Waals surface area contributed by atoms with Crippen molar-refractivity contribution >= 4 is 23.6 Å². The summed E-state index contributed by atoms with van der Waals surface area (Å²) in [7, 11) is 1.62. The van der Waals surface area contributed by atoms with Crippen LogP contribution in [0.2, 0.25) is 5.02 Å². The Bertz CT molecular complexity index is 630. The highest BCUT2D eigenvalue weighted by atomic mass is 35.5. The van der Waals surface area contributed by atoms with E-state index in [1.54, 1.807) is 12.0 Å². The van der Waals surface area contributed by atoms with Crippen molar-refractivity contribution in [1.29, 1.82) is 0 Å². The molecule has 1 heterocycles. The highest BCUT2D eigenvalue weighted by molar-refractivity contribution is 6.31. The van der Waals surface area contributed by atoms with E-state index in [9.17, 15) is 4.79 Å². The third-order valence-electron chi connectivity index (χ3n) is 4.40. The number of rotatable bonds is 6. The fraction of sp³-hybridized carbons (Fsp3) is 0.556. The highest BCUT2D eigenvalue weighted by Crippen LogP contribution is 2.22. The summed E-state index contributed by atoms with van der Waals surface area (Å²) in [6.45, 7) is 4.80. The molecule has 0 unspecified atom stereocenters. The number of halogens is 1. The molecule has 0 saturated carbocycles. The van der Waals surface area contributed by atoms with Crippen molar-refractivity contribution in [2.45, 2.75) is 32.2 Å². The van der Waals surface area contributed by atoms with E-state index in [0.717, 1.165) is 43.1 Å². The van der Waals surface area contributed by atoms with E-state index in [4.69, 9.17) is 22.1 Å². The number of piperidine rings is 1. The van der Waals surface area contributed by atoms with Crippen LogP contribution in [0, 0.1) is 0 Å². The van der Waals surface area contributed by atoms with Gasteiger partial charge in [0.05, 0.1) is 7.11 Å². The van der Waals surface area contributed by atoms with Gasteiger partial charge in [-0.05, 0) is 43.9 Å². The number of carbonyl (C=O) groups is 1.